The highest BCUT2D eigenvalue weighted by Gasteiger charge is 2.49. The lowest BCUT2D eigenvalue weighted by Gasteiger charge is -2.38. The molecule has 0 unspecified atom stereocenters. The van der Waals surface area contributed by atoms with Crippen LogP contribution in [0.3, 0.4) is 0 Å². The molecule has 3 saturated heterocycles. The first-order valence-electron chi connectivity index (χ1n) is 21.1. The zero-order valence-corrected chi connectivity index (χ0v) is 36.4. The Morgan fingerprint density at radius 3 is 2.51 bits per heavy atom. The molecule has 8 rings (SSSR count). The minimum absolute atomic E-state index is 0.0160. The fourth-order valence-corrected chi connectivity index (χ4v) is 15.7. The number of carbonyl (C=O) groups excluding carboxylic acids is 1. The van der Waals surface area contributed by atoms with Gasteiger partial charge in [-0.2, -0.15) is 9.97 Å². The van der Waals surface area contributed by atoms with Crippen molar-refractivity contribution in [1.82, 2.24) is 24.8 Å². The molecule has 4 aliphatic rings. The quantitative estimate of drug-likeness (QED) is 0.127. The van der Waals surface area contributed by atoms with E-state index < -0.39 is 37.5 Å². The average molecular weight is 829 g/mol. The van der Waals surface area contributed by atoms with E-state index in [1.807, 2.05) is 0 Å². The molecule has 0 bridgehead atoms. The Hall–Kier alpha value is -4.61. The van der Waals surface area contributed by atoms with Crippen LogP contribution in [0.5, 0.6) is 17.6 Å². The van der Waals surface area contributed by atoms with Crippen LogP contribution in [-0.4, -0.2) is 104 Å². The SMILES string of the molecule is CC(C)[Si](C#Cc1c(F)ccc2cc(OC(=O)N(C)C)cc(-c3nc4c5c(nc(OC[C@@]67CCCN6C[C@H](F)C7)nc5c3F)N3CCCC[C@H]3CO4)c12)(C(C)C)C(C)C. The number of benzene rings is 2. The van der Waals surface area contributed by atoms with Crippen molar-refractivity contribution < 1.29 is 32.2 Å². The molecule has 0 N–H and O–H groups in total. The number of pyridine rings is 1. The number of nitrogens with zero attached hydrogens (tertiary/aromatic N) is 6. The van der Waals surface area contributed by atoms with Gasteiger partial charge in [-0.15, -0.1) is 5.54 Å². The zero-order chi connectivity index (χ0) is 42.0. The Labute approximate surface area is 345 Å². The van der Waals surface area contributed by atoms with Crippen molar-refractivity contribution in [3.8, 4) is 40.4 Å². The number of hydrogen-bond donors (Lipinski definition) is 0. The standard InChI is InChI=1S/C45H55F3N6O4Si/c1-26(2)59(27(3)4,28(5)6)19-15-33-35(47)14-13-29-20-32(58-44(55)52(7)8)21-34(36(29)33)39-38(48)40-37-41(54-18-10-9-12-31(54)24-56-42(37)49-39)51-43(50-40)57-25-45-16-11-17-53(45)23-30(46)22-45/h13-14,20-21,26-28,30-31H,9-12,16-18,22-25H2,1-8H3/t30-,31+,45+/m1/s1. The molecular formula is C45H55F3N6O4Si. The number of piperidine rings is 1. The number of ether oxygens (including phenoxy) is 3. The van der Waals surface area contributed by atoms with Gasteiger partial charge in [0.15, 0.2) is 5.82 Å². The van der Waals surface area contributed by atoms with Crippen molar-refractivity contribution in [1.29, 1.82) is 0 Å². The maximum atomic E-state index is 17.8. The van der Waals surface area contributed by atoms with Crippen LogP contribution >= 0.6 is 0 Å². The van der Waals surface area contributed by atoms with Gasteiger partial charge in [0, 0.05) is 44.6 Å². The first kappa shape index (κ1) is 41.1. The number of hydrogen-bond acceptors (Lipinski definition) is 9. The largest absolute Gasteiger partial charge is 0.475 e. The summed E-state index contributed by atoms with van der Waals surface area (Å²) in [5.41, 5.74) is 4.09. The molecule has 4 aliphatic heterocycles. The van der Waals surface area contributed by atoms with Crippen molar-refractivity contribution in [3.63, 3.8) is 0 Å². The topological polar surface area (TPSA) is 93.1 Å². The van der Waals surface area contributed by atoms with Crippen LogP contribution in [-0.2, 0) is 0 Å². The van der Waals surface area contributed by atoms with Crippen LogP contribution in [0.2, 0.25) is 16.6 Å². The molecule has 10 nitrogen and oxygen atoms in total. The minimum atomic E-state index is -2.35. The van der Waals surface area contributed by atoms with Crippen LogP contribution in [0.15, 0.2) is 24.3 Å². The normalized spacial score (nSPS) is 21.7. The molecule has 0 saturated carbocycles. The number of anilines is 1. The molecule has 0 spiro atoms. The Bertz CT molecular complexity index is 2340. The Morgan fingerprint density at radius 1 is 1.02 bits per heavy atom. The lowest BCUT2D eigenvalue weighted by molar-refractivity contribution is 0.107. The Kier molecular flexibility index (Phi) is 11.0. The smallest absolute Gasteiger partial charge is 0.414 e. The summed E-state index contributed by atoms with van der Waals surface area (Å²) in [6.45, 7) is 15.4. The van der Waals surface area contributed by atoms with E-state index in [1.165, 1.54) is 17.0 Å². The first-order valence-corrected chi connectivity index (χ1v) is 23.4. The lowest BCUT2D eigenvalue weighted by Crippen LogP contribution is -2.44. The van der Waals surface area contributed by atoms with E-state index in [9.17, 15) is 9.18 Å². The highest BCUT2D eigenvalue weighted by Crippen LogP contribution is 2.46. The molecule has 0 aliphatic carbocycles. The summed E-state index contributed by atoms with van der Waals surface area (Å²) in [5.74, 6) is 2.69. The molecule has 2 aromatic carbocycles. The van der Waals surface area contributed by atoms with Crippen molar-refractivity contribution in [2.24, 2.45) is 0 Å². The van der Waals surface area contributed by atoms with Crippen LogP contribution < -0.4 is 19.1 Å². The molecule has 2 aromatic heterocycles. The molecule has 314 valence electrons. The summed E-state index contributed by atoms with van der Waals surface area (Å²) >= 11 is 0. The second kappa shape index (κ2) is 15.8. The summed E-state index contributed by atoms with van der Waals surface area (Å²) in [6.07, 6.45) is 3.29. The van der Waals surface area contributed by atoms with E-state index >= 15 is 8.78 Å². The highest BCUT2D eigenvalue weighted by molar-refractivity contribution is 6.90. The second-order valence-corrected chi connectivity index (χ2v) is 23.6. The second-order valence-electron chi connectivity index (χ2n) is 18.1. The molecular weight excluding hydrogens is 774 g/mol. The summed E-state index contributed by atoms with van der Waals surface area (Å²) in [7, 11) is 0.775. The summed E-state index contributed by atoms with van der Waals surface area (Å²) in [4.78, 5) is 33.0. The third kappa shape index (κ3) is 7.15. The third-order valence-corrected chi connectivity index (χ3v) is 19.7. The van der Waals surface area contributed by atoms with Gasteiger partial charge in [0.25, 0.3) is 0 Å². The van der Waals surface area contributed by atoms with Gasteiger partial charge in [0.05, 0.1) is 17.1 Å². The predicted molar refractivity (Wildman–Crippen MR) is 227 cm³/mol. The van der Waals surface area contributed by atoms with E-state index in [4.69, 9.17) is 29.2 Å². The number of alkyl halides is 1. The van der Waals surface area contributed by atoms with Crippen molar-refractivity contribution in [2.75, 3.05) is 51.8 Å². The van der Waals surface area contributed by atoms with E-state index in [-0.39, 0.29) is 75.9 Å². The summed E-state index contributed by atoms with van der Waals surface area (Å²) in [6, 6.07) is 6.01. The van der Waals surface area contributed by atoms with Gasteiger partial charge in [0.1, 0.15) is 61.4 Å². The zero-order valence-electron chi connectivity index (χ0n) is 35.4. The summed E-state index contributed by atoms with van der Waals surface area (Å²) < 4.78 is 67.5. The maximum Gasteiger partial charge on any atom is 0.414 e. The van der Waals surface area contributed by atoms with Crippen molar-refractivity contribution >= 4 is 41.7 Å². The van der Waals surface area contributed by atoms with Crippen molar-refractivity contribution in [2.45, 2.75) is 114 Å². The Morgan fingerprint density at radius 2 is 1.78 bits per heavy atom. The maximum absolute atomic E-state index is 17.8. The fourth-order valence-electron chi connectivity index (χ4n) is 10.5. The van der Waals surface area contributed by atoms with Gasteiger partial charge in [-0.25, -0.2) is 22.9 Å². The predicted octanol–water partition coefficient (Wildman–Crippen LogP) is 9.46. The molecule has 14 heteroatoms. The monoisotopic (exact) mass is 828 g/mol. The van der Waals surface area contributed by atoms with Crippen LogP contribution in [0.4, 0.5) is 23.8 Å². The van der Waals surface area contributed by atoms with Crippen molar-refractivity contribution in [3.05, 3.63) is 41.5 Å². The number of carbonyl (C=O) groups is 1. The number of aromatic nitrogens is 3. The molecule has 3 fully saturated rings. The third-order valence-electron chi connectivity index (χ3n) is 13.4. The molecule has 4 aromatic rings. The number of rotatable bonds is 8. The van der Waals surface area contributed by atoms with Gasteiger partial charge in [-0.3, -0.25) is 4.90 Å². The van der Waals surface area contributed by atoms with E-state index in [1.54, 1.807) is 26.2 Å². The van der Waals surface area contributed by atoms with Gasteiger partial charge in [-0.05, 0) is 78.9 Å². The number of amides is 1. The highest BCUT2D eigenvalue weighted by atomic mass is 28.3. The van der Waals surface area contributed by atoms with Gasteiger partial charge in [0.2, 0.25) is 5.88 Å². The van der Waals surface area contributed by atoms with E-state index in [0.717, 1.165) is 38.6 Å². The van der Waals surface area contributed by atoms with Gasteiger partial charge >= 0.3 is 12.1 Å². The van der Waals surface area contributed by atoms with E-state index in [0.29, 0.717) is 41.5 Å². The molecule has 0 radical (unpaired) electrons. The summed E-state index contributed by atoms with van der Waals surface area (Å²) in [5, 5.41) is 1.14. The molecule has 6 heterocycles. The average Bonchev–Trinajstić information content (AvgIpc) is 3.67. The minimum Gasteiger partial charge on any atom is -0.475 e. The molecule has 3 atom stereocenters. The Balaban J connectivity index is 1.37. The number of halogens is 3. The molecule has 1 amide bonds. The van der Waals surface area contributed by atoms with Crippen LogP contribution in [0, 0.1) is 23.1 Å². The molecule has 59 heavy (non-hydrogen) atoms. The van der Waals surface area contributed by atoms with Crippen LogP contribution in [0.1, 0.15) is 85.6 Å². The first-order chi connectivity index (χ1) is 28.1. The van der Waals surface area contributed by atoms with Crippen LogP contribution in [0.25, 0.3) is 32.9 Å². The van der Waals surface area contributed by atoms with Gasteiger partial charge < -0.3 is 24.0 Å². The number of fused-ring (bicyclic) bond motifs is 4. The van der Waals surface area contributed by atoms with E-state index in [2.05, 4.69) is 62.8 Å². The van der Waals surface area contributed by atoms with Gasteiger partial charge in [-0.1, -0.05) is 53.5 Å². The lowest BCUT2D eigenvalue weighted by atomic mass is 9.95. The fraction of sp³-hybridized carbons (Fsp3) is 0.556.